The van der Waals surface area contributed by atoms with Gasteiger partial charge in [-0.25, -0.2) is 4.98 Å². The number of anilines is 2. The van der Waals surface area contributed by atoms with Gasteiger partial charge in [-0.2, -0.15) is 5.10 Å². The van der Waals surface area contributed by atoms with Crippen molar-refractivity contribution in [2.24, 2.45) is 4.99 Å². The highest BCUT2D eigenvalue weighted by molar-refractivity contribution is 5.99. The molecule has 0 bridgehead atoms. The van der Waals surface area contributed by atoms with Gasteiger partial charge in [-0.3, -0.25) is 20.1 Å². The molecular formula is C22H19N9. The minimum absolute atomic E-state index is 0.254. The standard InChI is InChI=1S/C22H19N9/c1-12-10-31(11-26-12)19-9-25-8-18-21(19)28-22(27-18)20-16-5-13(2-3-17(16)29-30-20)14-4-15(23)7-24-6-14/h2-9,11-12H,10,23H2,1H3,(H,27,28)(H,29,30). The highest BCUT2D eigenvalue weighted by Crippen LogP contribution is 2.32. The summed E-state index contributed by atoms with van der Waals surface area (Å²) in [6.07, 6.45) is 8.90. The second-order valence-electron chi connectivity index (χ2n) is 7.75. The summed E-state index contributed by atoms with van der Waals surface area (Å²) < 4.78 is 0. The number of imidazole rings is 1. The van der Waals surface area contributed by atoms with Crippen LogP contribution in [0.3, 0.4) is 0 Å². The first kappa shape index (κ1) is 17.6. The number of nitrogens with two attached hydrogens (primary N) is 1. The van der Waals surface area contributed by atoms with Crippen LogP contribution in [-0.2, 0) is 0 Å². The number of nitrogen functional groups attached to an aromatic ring is 1. The molecule has 1 aliphatic rings. The number of nitrogens with zero attached hydrogens (tertiary/aromatic N) is 6. The summed E-state index contributed by atoms with van der Waals surface area (Å²) in [6, 6.07) is 8.26. The van der Waals surface area contributed by atoms with E-state index in [1.54, 1.807) is 18.6 Å². The van der Waals surface area contributed by atoms with E-state index in [-0.39, 0.29) is 6.04 Å². The molecule has 1 atom stereocenters. The average molecular weight is 409 g/mol. The molecule has 1 aromatic carbocycles. The molecule has 31 heavy (non-hydrogen) atoms. The van der Waals surface area contributed by atoms with Crippen LogP contribution in [0.2, 0.25) is 0 Å². The lowest BCUT2D eigenvalue weighted by atomic mass is 10.0. The van der Waals surface area contributed by atoms with Crippen molar-refractivity contribution in [2.45, 2.75) is 13.0 Å². The molecule has 0 amide bonds. The monoisotopic (exact) mass is 409 g/mol. The van der Waals surface area contributed by atoms with Crippen LogP contribution in [0.4, 0.5) is 11.4 Å². The van der Waals surface area contributed by atoms with E-state index in [4.69, 9.17) is 10.7 Å². The molecule has 0 aliphatic carbocycles. The highest BCUT2D eigenvalue weighted by Gasteiger charge is 2.20. The Labute approximate surface area is 177 Å². The number of pyridine rings is 2. The van der Waals surface area contributed by atoms with Gasteiger partial charge < -0.3 is 15.6 Å². The number of aromatic nitrogens is 6. The fourth-order valence-corrected chi connectivity index (χ4v) is 3.96. The third-order valence-electron chi connectivity index (χ3n) is 5.49. The number of aromatic amines is 2. The van der Waals surface area contributed by atoms with Gasteiger partial charge in [0.2, 0.25) is 0 Å². The van der Waals surface area contributed by atoms with Crippen LogP contribution >= 0.6 is 0 Å². The Kier molecular flexibility index (Phi) is 3.76. The van der Waals surface area contributed by atoms with E-state index in [1.807, 2.05) is 30.7 Å². The number of rotatable bonds is 3. The number of benzene rings is 1. The van der Waals surface area contributed by atoms with Crippen LogP contribution in [0.5, 0.6) is 0 Å². The number of H-pyrrole nitrogens is 2. The first-order valence-corrected chi connectivity index (χ1v) is 9.99. The Morgan fingerprint density at radius 2 is 1.94 bits per heavy atom. The van der Waals surface area contributed by atoms with Gasteiger partial charge in [0.05, 0.1) is 47.2 Å². The predicted octanol–water partition coefficient (Wildman–Crippen LogP) is 3.38. The summed E-state index contributed by atoms with van der Waals surface area (Å²) in [4.78, 5) is 23.4. The highest BCUT2D eigenvalue weighted by atomic mass is 15.2. The van der Waals surface area contributed by atoms with E-state index in [0.717, 1.165) is 51.0 Å². The van der Waals surface area contributed by atoms with Crippen molar-refractivity contribution >= 4 is 39.6 Å². The van der Waals surface area contributed by atoms with Crippen molar-refractivity contribution in [3.63, 3.8) is 0 Å². The zero-order valence-corrected chi connectivity index (χ0v) is 16.7. The number of hydrogen-bond acceptors (Lipinski definition) is 7. The molecule has 0 fully saturated rings. The molecule has 1 unspecified atom stereocenters. The summed E-state index contributed by atoms with van der Waals surface area (Å²) in [7, 11) is 0. The Bertz CT molecular complexity index is 1460. The van der Waals surface area contributed by atoms with Crippen LogP contribution in [0, 0.1) is 0 Å². The average Bonchev–Trinajstić information content (AvgIpc) is 3.50. The predicted molar refractivity (Wildman–Crippen MR) is 122 cm³/mol. The molecular weight excluding hydrogens is 390 g/mol. The number of nitrogens with one attached hydrogen (secondary N) is 2. The third kappa shape index (κ3) is 2.90. The zero-order chi connectivity index (χ0) is 20.9. The quantitative estimate of drug-likeness (QED) is 0.419. The second-order valence-corrected chi connectivity index (χ2v) is 7.75. The summed E-state index contributed by atoms with van der Waals surface area (Å²) in [5.74, 6) is 0.683. The fourth-order valence-electron chi connectivity index (χ4n) is 3.96. The van der Waals surface area contributed by atoms with E-state index < -0.39 is 0 Å². The summed E-state index contributed by atoms with van der Waals surface area (Å²) >= 11 is 0. The lowest BCUT2D eigenvalue weighted by molar-refractivity contribution is 0.795. The van der Waals surface area contributed by atoms with Crippen LogP contribution < -0.4 is 10.6 Å². The lowest BCUT2D eigenvalue weighted by Crippen LogP contribution is -2.21. The van der Waals surface area contributed by atoms with Gasteiger partial charge >= 0.3 is 0 Å². The molecule has 0 spiro atoms. The summed E-state index contributed by atoms with van der Waals surface area (Å²) in [5, 5.41) is 8.59. The lowest BCUT2D eigenvalue weighted by Gasteiger charge is -2.14. The van der Waals surface area contributed by atoms with Gasteiger partial charge in [-0.1, -0.05) is 6.07 Å². The largest absolute Gasteiger partial charge is 0.397 e. The van der Waals surface area contributed by atoms with E-state index >= 15 is 0 Å². The van der Waals surface area contributed by atoms with Gasteiger partial charge in [0.1, 0.15) is 11.2 Å². The third-order valence-corrected chi connectivity index (χ3v) is 5.49. The minimum Gasteiger partial charge on any atom is -0.397 e. The first-order chi connectivity index (χ1) is 15.2. The van der Waals surface area contributed by atoms with Crippen molar-refractivity contribution in [2.75, 3.05) is 17.2 Å². The van der Waals surface area contributed by atoms with Crippen molar-refractivity contribution in [1.29, 1.82) is 0 Å². The van der Waals surface area contributed by atoms with Crippen molar-refractivity contribution in [1.82, 2.24) is 30.1 Å². The summed E-state index contributed by atoms with van der Waals surface area (Å²) in [5.41, 5.74) is 12.8. The molecule has 4 N–H and O–H groups in total. The second kappa shape index (κ2) is 6.63. The maximum atomic E-state index is 5.91. The van der Waals surface area contributed by atoms with Crippen molar-refractivity contribution in [3.8, 4) is 22.6 Å². The molecule has 0 radical (unpaired) electrons. The first-order valence-electron chi connectivity index (χ1n) is 9.99. The number of hydrogen-bond donors (Lipinski definition) is 3. The number of aliphatic imine (C=N–C) groups is 1. The molecule has 9 nitrogen and oxygen atoms in total. The Balaban J connectivity index is 1.47. The minimum atomic E-state index is 0.254. The normalized spacial score (nSPS) is 16.0. The van der Waals surface area contributed by atoms with Gasteiger partial charge in [-0.05, 0) is 30.7 Å². The molecule has 152 valence electrons. The molecule has 5 heterocycles. The fraction of sp³-hybridized carbons (Fsp3) is 0.136. The maximum absolute atomic E-state index is 5.91. The van der Waals surface area contributed by atoms with Crippen LogP contribution in [-0.4, -0.2) is 49.1 Å². The van der Waals surface area contributed by atoms with Crippen molar-refractivity contribution < 1.29 is 0 Å². The van der Waals surface area contributed by atoms with Crippen LogP contribution in [0.25, 0.3) is 44.6 Å². The SMILES string of the molecule is CC1CN(c2cncc3[nH]c(-c4n[nH]c5ccc(-c6cncc(N)c6)cc45)nc23)C=N1. The smallest absolute Gasteiger partial charge is 0.159 e. The molecule has 1 aliphatic heterocycles. The Morgan fingerprint density at radius 3 is 2.77 bits per heavy atom. The van der Waals surface area contributed by atoms with E-state index in [0.29, 0.717) is 11.5 Å². The van der Waals surface area contributed by atoms with E-state index in [2.05, 4.69) is 48.0 Å². The molecule has 6 rings (SSSR count). The molecule has 4 aromatic heterocycles. The molecule has 9 heteroatoms. The van der Waals surface area contributed by atoms with E-state index in [9.17, 15) is 0 Å². The van der Waals surface area contributed by atoms with Crippen LogP contribution in [0.1, 0.15) is 6.92 Å². The van der Waals surface area contributed by atoms with Gasteiger partial charge in [0.25, 0.3) is 0 Å². The molecule has 0 saturated heterocycles. The topological polar surface area (TPSA) is 125 Å². The Morgan fingerprint density at radius 1 is 1.03 bits per heavy atom. The Hall–Kier alpha value is -4.27. The molecule has 5 aromatic rings. The van der Waals surface area contributed by atoms with Crippen LogP contribution in [0.15, 0.2) is 54.0 Å². The maximum Gasteiger partial charge on any atom is 0.159 e. The van der Waals surface area contributed by atoms with Gasteiger partial charge in [-0.15, -0.1) is 0 Å². The van der Waals surface area contributed by atoms with Gasteiger partial charge in [0.15, 0.2) is 5.82 Å². The van der Waals surface area contributed by atoms with Crippen molar-refractivity contribution in [3.05, 3.63) is 49.1 Å². The molecule has 0 saturated carbocycles. The zero-order valence-electron chi connectivity index (χ0n) is 16.7. The van der Waals surface area contributed by atoms with Gasteiger partial charge in [0, 0.05) is 29.9 Å². The number of fused-ring (bicyclic) bond motifs is 2. The summed E-state index contributed by atoms with van der Waals surface area (Å²) in [6.45, 7) is 2.90. The van der Waals surface area contributed by atoms with E-state index in [1.165, 1.54) is 0 Å².